The van der Waals surface area contributed by atoms with Gasteiger partial charge in [0.15, 0.2) is 0 Å². The van der Waals surface area contributed by atoms with Crippen LogP contribution < -0.4 is 5.32 Å². The molecule has 0 heterocycles. The molecule has 0 radical (unpaired) electrons. The molecule has 0 unspecified atom stereocenters. The van der Waals surface area contributed by atoms with Crippen LogP contribution in [0.4, 0.5) is 11.4 Å². The molecule has 1 amide bonds. The number of carbonyl (C=O) groups is 1. The molecule has 2 rings (SSSR count). The highest BCUT2D eigenvalue weighted by Crippen LogP contribution is 2.27. The standard InChI is InChI=1S/C17H15ClN2O3/c1-11-9-12(2)17(15(18)10-11)19-16(21)8-5-13-3-6-14(7-4-13)20(22)23/h3-10H,1-2H3,(H,19,21)/b8-5+. The fraction of sp³-hybridized carbons (Fsp3) is 0.118. The average Bonchev–Trinajstić information content (AvgIpc) is 2.49. The maximum Gasteiger partial charge on any atom is 0.269 e. The Morgan fingerprint density at radius 1 is 1.22 bits per heavy atom. The van der Waals surface area contributed by atoms with Crippen LogP contribution in [0.2, 0.25) is 5.02 Å². The summed E-state index contributed by atoms with van der Waals surface area (Å²) in [5, 5.41) is 13.8. The Labute approximate surface area is 138 Å². The first-order valence-corrected chi connectivity index (χ1v) is 7.25. The fourth-order valence-electron chi connectivity index (χ4n) is 2.12. The van der Waals surface area contributed by atoms with Gasteiger partial charge in [-0.1, -0.05) is 17.7 Å². The number of halogens is 1. The minimum atomic E-state index is -0.470. The zero-order valence-corrected chi connectivity index (χ0v) is 13.4. The molecule has 0 saturated carbocycles. The summed E-state index contributed by atoms with van der Waals surface area (Å²) in [7, 11) is 0. The number of nitrogens with one attached hydrogen (secondary N) is 1. The van der Waals surface area contributed by atoms with Crippen molar-refractivity contribution in [2.45, 2.75) is 13.8 Å². The molecular formula is C17H15ClN2O3. The highest BCUT2D eigenvalue weighted by molar-refractivity contribution is 6.34. The number of anilines is 1. The zero-order chi connectivity index (χ0) is 17.0. The second-order valence-corrected chi connectivity index (χ2v) is 5.52. The molecule has 5 nitrogen and oxygen atoms in total. The zero-order valence-electron chi connectivity index (χ0n) is 12.7. The van der Waals surface area contributed by atoms with E-state index in [9.17, 15) is 14.9 Å². The van der Waals surface area contributed by atoms with Gasteiger partial charge in [0.1, 0.15) is 0 Å². The van der Waals surface area contributed by atoms with Crippen molar-refractivity contribution in [3.63, 3.8) is 0 Å². The number of nitro benzene ring substituents is 1. The number of nitro groups is 1. The molecule has 0 aromatic heterocycles. The Bertz CT molecular complexity index is 760. The largest absolute Gasteiger partial charge is 0.321 e. The number of benzene rings is 2. The lowest BCUT2D eigenvalue weighted by molar-refractivity contribution is -0.384. The van der Waals surface area contributed by atoms with Gasteiger partial charge in [0.05, 0.1) is 15.6 Å². The second-order valence-electron chi connectivity index (χ2n) is 5.11. The van der Waals surface area contributed by atoms with Crippen LogP contribution in [0.1, 0.15) is 16.7 Å². The Morgan fingerprint density at radius 3 is 2.43 bits per heavy atom. The minimum Gasteiger partial charge on any atom is -0.321 e. The van der Waals surface area contributed by atoms with Crippen molar-refractivity contribution < 1.29 is 9.72 Å². The highest BCUT2D eigenvalue weighted by atomic mass is 35.5. The molecule has 0 aliphatic heterocycles. The smallest absolute Gasteiger partial charge is 0.269 e. The van der Waals surface area contributed by atoms with E-state index in [0.717, 1.165) is 11.1 Å². The summed E-state index contributed by atoms with van der Waals surface area (Å²) in [5.74, 6) is -0.322. The lowest BCUT2D eigenvalue weighted by atomic mass is 10.1. The van der Waals surface area contributed by atoms with Crippen LogP contribution in [0.3, 0.4) is 0 Å². The van der Waals surface area contributed by atoms with Crippen LogP contribution >= 0.6 is 11.6 Å². The van der Waals surface area contributed by atoms with E-state index in [1.165, 1.54) is 18.2 Å². The Hall–Kier alpha value is -2.66. The predicted molar refractivity (Wildman–Crippen MR) is 91.7 cm³/mol. The van der Waals surface area contributed by atoms with E-state index in [1.807, 2.05) is 19.9 Å². The van der Waals surface area contributed by atoms with Gasteiger partial charge >= 0.3 is 0 Å². The maximum absolute atomic E-state index is 12.0. The van der Waals surface area contributed by atoms with Crippen molar-refractivity contribution >= 4 is 35.0 Å². The van der Waals surface area contributed by atoms with E-state index in [-0.39, 0.29) is 11.6 Å². The minimum absolute atomic E-state index is 0.00802. The lowest BCUT2D eigenvalue weighted by Gasteiger charge is -2.10. The summed E-state index contributed by atoms with van der Waals surface area (Å²) < 4.78 is 0. The molecule has 23 heavy (non-hydrogen) atoms. The molecule has 0 atom stereocenters. The van der Waals surface area contributed by atoms with E-state index >= 15 is 0 Å². The molecule has 1 N–H and O–H groups in total. The van der Waals surface area contributed by atoms with Gasteiger partial charge in [0.2, 0.25) is 5.91 Å². The lowest BCUT2D eigenvalue weighted by Crippen LogP contribution is -2.09. The quantitative estimate of drug-likeness (QED) is 0.509. The molecule has 0 fully saturated rings. The number of non-ortho nitro benzene ring substituents is 1. The maximum atomic E-state index is 12.0. The van der Waals surface area contributed by atoms with Crippen LogP contribution in [0.5, 0.6) is 0 Å². The molecule has 2 aromatic carbocycles. The molecule has 0 aliphatic carbocycles. The third-order valence-electron chi connectivity index (χ3n) is 3.21. The third kappa shape index (κ3) is 4.40. The van der Waals surface area contributed by atoms with Crippen molar-refractivity contribution in [1.29, 1.82) is 0 Å². The number of hydrogen-bond acceptors (Lipinski definition) is 3. The molecule has 0 bridgehead atoms. The summed E-state index contributed by atoms with van der Waals surface area (Å²) in [6.45, 7) is 3.80. The number of amides is 1. The summed E-state index contributed by atoms with van der Waals surface area (Å²) >= 11 is 6.14. The number of hydrogen-bond donors (Lipinski definition) is 1. The van der Waals surface area contributed by atoms with Gasteiger partial charge in [-0.05, 0) is 54.8 Å². The summed E-state index contributed by atoms with van der Waals surface area (Å²) in [6, 6.07) is 9.64. The fourth-order valence-corrected chi connectivity index (χ4v) is 2.49. The van der Waals surface area contributed by atoms with Crippen LogP contribution in [0, 0.1) is 24.0 Å². The number of carbonyl (C=O) groups excluding carboxylic acids is 1. The molecule has 0 saturated heterocycles. The highest BCUT2D eigenvalue weighted by Gasteiger charge is 2.08. The molecule has 0 aliphatic rings. The first-order valence-electron chi connectivity index (χ1n) is 6.87. The van der Waals surface area contributed by atoms with Gasteiger partial charge in [0.25, 0.3) is 5.69 Å². The molecule has 0 spiro atoms. The Morgan fingerprint density at radius 2 is 1.87 bits per heavy atom. The van der Waals surface area contributed by atoms with Crippen LogP contribution in [0.25, 0.3) is 6.08 Å². The van der Waals surface area contributed by atoms with E-state index < -0.39 is 4.92 Å². The molecule has 2 aromatic rings. The summed E-state index contributed by atoms with van der Waals surface area (Å²) in [6.07, 6.45) is 2.94. The normalized spacial score (nSPS) is 10.7. The Kier molecular flexibility index (Phi) is 5.13. The van der Waals surface area contributed by atoms with Gasteiger partial charge in [-0.15, -0.1) is 0 Å². The predicted octanol–water partition coefficient (Wildman–Crippen LogP) is 4.52. The molecule has 6 heteroatoms. The van der Waals surface area contributed by atoms with E-state index in [2.05, 4.69) is 5.32 Å². The summed E-state index contributed by atoms with van der Waals surface area (Å²) in [5.41, 5.74) is 3.18. The number of rotatable bonds is 4. The van der Waals surface area contributed by atoms with Gasteiger partial charge < -0.3 is 5.32 Å². The van der Waals surface area contributed by atoms with Crippen LogP contribution in [-0.2, 0) is 4.79 Å². The third-order valence-corrected chi connectivity index (χ3v) is 3.51. The van der Waals surface area contributed by atoms with Crippen LogP contribution in [0.15, 0.2) is 42.5 Å². The molecule has 118 valence electrons. The van der Waals surface area contributed by atoms with E-state index in [0.29, 0.717) is 16.3 Å². The second kappa shape index (κ2) is 7.07. The van der Waals surface area contributed by atoms with Crippen molar-refractivity contribution in [1.82, 2.24) is 0 Å². The van der Waals surface area contributed by atoms with Gasteiger partial charge in [-0.25, -0.2) is 0 Å². The monoisotopic (exact) mass is 330 g/mol. The van der Waals surface area contributed by atoms with Crippen molar-refractivity contribution in [2.24, 2.45) is 0 Å². The van der Waals surface area contributed by atoms with Gasteiger partial charge in [-0.2, -0.15) is 0 Å². The van der Waals surface area contributed by atoms with Gasteiger partial charge in [0, 0.05) is 18.2 Å². The van der Waals surface area contributed by atoms with Crippen molar-refractivity contribution in [3.8, 4) is 0 Å². The number of aryl methyl sites for hydroxylation is 2. The van der Waals surface area contributed by atoms with E-state index in [1.54, 1.807) is 24.3 Å². The van der Waals surface area contributed by atoms with E-state index in [4.69, 9.17) is 11.6 Å². The van der Waals surface area contributed by atoms with Gasteiger partial charge in [-0.3, -0.25) is 14.9 Å². The number of nitrogens with zero attached hydrogens (tertiary/aromatic N) is 1. The first kappa shape index (κ1) is 16.7. The van der Waals surface area contributed by atoms with Crippen molar-refractivity contribution in [2.75, 3.05) is 5.32 Å². The first-order chi connectivity index (χ1) is 10.9. The SMILES string of the molecule is Cc1cc(C)c(NC(=O)/C=C/c2ccc([N+](=O)[O-])cc2)c(Cl)c1. The summed E-state index contributed by atoms with van der Waals surface area (Å²) in [4.78, 5) is 22.1. The topological polar surface area (TPSA) is 72.2 Å². The van der Waals surface area contributed by atoms with Crippen LogP contribution in [-0.4, -0.2) is 10.8 Å². The average molecular weight is 331 g/mol. The molecular weight excluding hydrogens is 316 g/mol. The Balaban J connectivity index is 2.09. The van der Waals surface area contributed by atoms with Crippen molar-refractivity contribution in [3.05, 3.63) is 74.3 Å².